The van der Waals surface area contributed by atoms with E-state index in [2.05, 4.69) is 47.2 Å². The minimum Gasteiger partial charge on any atom is -0.394 e. The normalized spacial score (nSPS) is 24.7. The highest BCUT2D eigenvalue weighted by Gasteiger charge is 2.45. The fourth-order valence-corrected chi connectivity index (χ4v) is 10.6. The summed E-state index contributed by atoms with van der Waals surface area (Å²) in [4.78, 5) is 93.0. The SMILES string of the molecule is [N-]=[N+]=NCCOCCOCCOCCOCCC(=O)NC(COCCC(=O)NCCCNC(=O)CCCCOC1OC(CO)C(O)C(O)C1N)(COCCC(=O)NCCCNC(=O)CCCCOC1OC(CO)C(O)C(O)C1N)COCCC(=O)NCCCNC(=O)CCCCOC1OC(CO)C(O)C(O)C1N. The molecule has 22 N–H and O–H groups in total. The molecule has 3 aliphatic rings. The van der Waals surface area contributed by atoms with Gasteiger partial charge in [-0.1, -0.05) is 5.11 Å². The number of hydrogen-bond donors (Lipinski definition) is 19. The Hall–Kier alpha value is -5.40. The molecule has 0 aliphatic carbocycles. The molecular formula is C66H123N13O29. The van der Waals surface area contributed by atoms with Gasteiger partial charge in [-0.2, -0.15) is 0 Å². The average molecular weight is 1560 g/mol. The Morgan fingerprint density at radius 1 is 0.352 bits per heavy atom. The zero-order chi connectivity index (χ0) is 79.2. The molecule has 3 heterocycles. The fourth-order valence-electron chi connectivity index (χ4n) is 10.6. The fraction of sp³-hybridized carbons (Fsp3) is 0.894. The third-order valence-corrected chi connectivity index (χ3v) is 17.0. The molecule has 108 heavy (non-hydrogen) atoms. The number of nitrogens with zero attached hydrogens (tertiary/aromatic N) is 3. The van der Waals surface area contributed by atoms with Gasteiger partial charge in [0.2, 0.25) is 41.4 Å². The summed E-state index contributed by atoms with van der Waals surface area (Å²) >= 11 is 0. The van der Waals surface area contributed by atoms with Crippen LogP contribution in [-0.4, -0.2) is 363 Å². The van der Waals surface area contributed by atoms with Crippen molar-refractivity contribution in [1.29, 1.82) is 0 Å². The molecule has 0 aromatic carbocycles. The van der Waals surface area contributed by atoms with Crippen LogP contribution in [0.1, 0.15) is 103 Å². The van der Waals surface area contributed by atoms with Gasteiger partial charge in [0, 0.05) is 115 Å². The van der Waals surface area contributed by atoms with Gasteiger partial charge in [0.15, 0.2) is 18.9 Å². The van der Waals surface area contributed by atoms with Crippen molar-refractivity contribution in [2.75, 3.05) is 178 Å². The van der Waals surface area contributed by atoms with Crippen molar-refractivity contribution in [3.63, 3.8) is 0 Å². The first kappa shape index (κ1) is 96.8. The van der Waals surface area contributed by atoms with E-state index >= 15 is 0 Å². The van der Waals surface area contributed by atoms with Crippen molar-refractivity contribution in [2.24, 2.45) is 22.3 Å². The lowest BCUT2D eigenvalue weighted by atomic mass is 9.98. The van der Waals surface area contributed by atoms with Gasteiger partial charge < -0.3 is 162 Å². The molecule has 0 bridgehead atoms. The molecule has 0 spiro atoms. The molecule has 0 saturated carbocycles. The van der Waals surface area contributed by atoms with E-state index in [4.69, 9.17) is 84.3 Å². The number of carbonyl (C=O) groups excluding carboxylic acids is 7. The molecule has 626 valence electrons. The third kappa shape index (κ3) is 41.8. The van der Waals surface area contributed by atoms with E-state index in [9.17, 15) is 79.5 Å². The maximum absolute atomic E-state index is 13.8. The summed E-state index contributed by atoms with van der Waals surface area (Å²) in [5.74, 6) is -2.33. The van der Waals surface area contributed by atoms with E-state index in [1.54, 1.807) is 0 Å². The summed E-state index contributed by atoms with van der Waals surface area (Å²) in [7, 11) is 0. The molecular weight excluding hydrogens is 1440 g/mol. The molecule has 0 aromatic rings. The number of azide groups is 1. The van der Waals surface area contributed by atoms with Gasteiger partial charge in [0.05, 0.1) is 130 Å². The van der Waals surface area contributed by atoms with Crippen LogP contribution in [0.4, 0.5) is 0 Å². The molecule has 3 rings (SSSR count). The molecule has 3 fully saturated rings. The number of rotatable bonds is 64. The minimum atomic E-state index is -1.47. The number of aliphatic hydroxyl groups is 9. The van der Waals surface area contributed by atoms with E-state index in [0.29, 0.717) is 71.0 Å². The predicted molar refractivity (Wildman–Crippen MR) is 378 cm³/mol. The topological polar surface area (TPSA) is 633 Å². The molecule has 42 heteroatoms. The average Bonchev–Trinajstić information content (AvgIpc) is 0.836. The maximum atomic E-state index is 13.8. The third-order valence-electron chi connectivity index (χ3n) is 17.0. The first-order valence-electron chi connectivity index (χ1n) is 37.1. The Kier molecular flexibility index (Phi) is 53.2. The smallest absolute Gasteiger partial charge is 0.222 e. The second-order valence-electron chi connectivity index (χ2n) is 25.9. The Labute approximate surface area is 628 Å². The van der Waals surface area contributed by atoms with Gasteiger partial charge in [-0.3, -0.25) is 33.6 Å². The summed E-state index contributed by atoms with van der Waals surface area (Å²) in [6.45, 7) is 0.935. The van der Waals surface area contributed by atoms with Crippen LogP contribution in [0.15, 0.2) is 5.11 Å². The van der Waals surface area contributed by atoms with E-state index in [-0.39, 0.29) is 225 Å². The first-order chi connectivity index (χ1) is 52.1. The maximum Gasteiger partial charge on any atom is 0.222 e. The predicted octanol–water partition coefficient (Wildman–Crippen LogP) is -7.44. The van der Waals surface area contributed by atoms with Crippen molar-refractivity contribution in [3.8, 4) is 0 Å². The van der Waals surface area contributed by atoms with Crippen LogP contribution >= 0.6 is 0 Å². The lowest BCUT2D eigenvalue weighted by Crippen LogP contribution is -2.62. The lowest BCUT2D eigenvalue weighted by molar-refractivity contribution is -0.265. The minimum absolute atomic E-state index is 0.0304. The lowest BCUT2D eigenvalue weighted by Gasteiger charge is -2.40. The van der Waals surface area contributed by atoms with Crippen molar-refractivity contribution in [2.45, 2.75) is 200 Å². The summed E-state index contributed by atoms with van der Waals surface area (Å²) in [6.07, 6.45) is -10.6. The van der Waals surface area contributed by atoms with Gasteiger partial charge in [-0.25, -0.2) is 0 Å². The van der Waals surface area contributed by atoms with Crippen LogP contribution in [0, 0.1) is 0 Å². The highest BCUT2D eigenvalue weighted by molar-refractivity contribution is 5.78. The molecule has 15 unspecified atom stereocenters. The Morgan fingerprint density at radius 3 is 0.917 bits per heavy atom. The van der Waals surface area contributed by atoms with Gasteiger partial charge >= 0.3 is 0 Å². The van der Waals surface area contributed by atoms with Crippen LogP contribution in [0.3, 0.4) is 0 Å². The van der Waals surface area contributed by atoms with Gasteiger partial charge in [0.25, 0.3) is 0 Å². The van der Waals surface area contributed by atoms with Gasteiger partial charge in [-0.15, -0.1) is 0 Å². The van der Waals surface area contributed by atoms with E-state index in [0.717, 1.165) is 0 Å². The van der Waals surface area contributed by atoms with Gasteiger partial charge in [0.1, 0.15) is 60.5 Å². The van der Waals surface area contributed by atoms with Crippen LogP contribution in [0.5, 0.6) is 0 Å². The highest BCUT2D eigenvalue weighted by atomic mass is 16.7. The summed E-state index contributed by atoms with van der Waals surface area (Å²) in [5, 5.41) is 112. The number of unbranched alkanes of at least 4 members (excludes halogenated alkanes) is 3. The van der Waals surface area contributed by atoms with Crippen molar-refractivity contribution in [3.05, 3.63) is 10.4 Å². The Bertz CT molecular complexity index is 2300. The Balaban J connectivity index is 1.53. The van der Waals surface area contributed by atoms with Crippen molar-refractivity contribution in [1.82, 2.24) is 37.2 Å². The largest absolute Gasteiger partial charge is 0.394 e. The number of nitrogens with two attached hydrogens (primary N) is 3. The first-order valence-corrected chi connectivity index (χ1v) is 37.1. The summed E-state index contributed by atoms with van der Waals surface area (Å²) < 4.78 is 73.2. The highest BCUT2D eigenvalue weighted by Crippen LogP contribution is 2.24. The number of amides is 7. The summed E-state index contributed by atoms with van der Waals surface area (Å²) in [6, 6.07) is -3.12. The van der Waals surface area contributed by atoms with Crippen LogP contribution in [0.25, 0.3) is 10.4 Å². The molecule has 15 atom stereocenters. The molecule has 42 nitrogen and oxygen atoms in total. The van der Waals surface area contributed by atoms with Crippen LogP contribution in [-0.2, 0) is 95.1 Å². The number of hydrogen-bond acceptors (Lipinski definition) is 33. The zero-order valence-corrected chi connectivity index (χ0v) is 61.8. The molecule has 0 aromatic heterocycles. The van der Waals surface area contributed by atoms with Crippen molar-refractivity contribution < 1.29 is 141 Å². The second-order valence-corrected chi connectivity index (χ2v) is 25.9. The summed E-state index contributed by atoms with van der Waals surface area (Å²) in [5.41, 5.74) is 24.6. The number of aliphatic hydroxyl groups excluding tert-OH is 9. The monoisotopic (exact) mass is 1560 g/mol. The molecule has 0 radical (unpaired) electrons. The number of carbonyl (C=O) groups is 7. The number of ether oxygens (including phenoxy) is 13. The Morgan fingerprint density at radius 2 is 0.620 bits per heavy atom. The van der Waals surface area contributed by atoms with Crippen molar-refractivity contribution >= 4 is 41.4 Å². The molecule has 3 saturated heterocycles. The molecule has 3 aliphatic heterocycles. The number of nitrogens with one attached hydrogen (secondary N) is 7. The van der Waals surface area contributed by atoms with E-state index in [1.807, 2.05) is 0 Å². The van der Waals surface area contributed by atoms with Crippen LogP contribution < -0.4 is 54.4 Å². The quantitative estimate of drug-likeness (QED) is 0.0116. The molecule has 7 amide bonds. The zero-order valence-electron chi connectivity index (χ0n) is 61.8. The van der Waals surface area contributed by atoms with Crippen LogP contribution in [0.2, 0.25) is 0 Å². The second kappa shape index (κ2) is 59.4. The van der Waals surface area contributed by atoms with E-state index < -0.39 is 123 Å². The standard InChI is InChI=1S/C66H123N13O29/c67-54-60(93)57(90)44(38-80)106-63(54)103-24-4-1-10-47(83)71-17-7-20-74-50(86)13-28-100-41-66(78-53(89)16-27-96-32-34-98-36-37-99-35-33-97-31-23-77-79-70,42-101-29-14-51(87)75-21-8-18-72-48(84)11-2-5-25-104-64-55(68)61(94)58(91)45(39-81)107-64)43-102-30-15-52(88)76-22-9-19-73-49(85)12-3-6-26-105-65-56(69)62(95)59(92)46(40-82)108-65/h44-46,54-65,80-82,90-95H,1-43,67-69H2,(H,71,83)(H,72,84)(H,73,85)(H,74,86)(H,75,87)(H,76,88)(H,78,89). The van der Waals surface area contributed by atoms with E-state index in [1.165, 1.54) is 0 Å². The van der Waals surface area contributed by atoms with Gasteiger partial charge in [-0.05, 0) is 63.3 Å².